The fourth-order valence-corrected chi connectivity index (χ4v) is 3.47. The Kier molecular flexibility index (Phi) is 6.50. The van der Waals surface area contributed by atoms with Crippen molar-refractivity contribution in [3.8, 4) is 0 Å². The summed E-state index contributed by atoms with van der Waals surface area (Å²) < 4.78 is 0. The quantitative estimate of drug-likeness (QED) is 0.809. The van der Waals surface area contributed by atoms with Gasteiger partial charge >= 0.3 is 0 Å². The van der Waals surface area contributed by atoms with Crippen molar-refractivity contribution >= 4 is 29.1 Å². The normalized spacial score (nSPS) is 16.6. The molecule has 0 radical (unpaired) electrons. The highest BCUT2D eigenvalue weighted by molar-refractivity contribution is 6.05. The number of likely N-dealkylation sites (tertiary alicyclic amines) is 1. The van der Waals surface area contributed by atoms with Gasteiger partial charge in [-0.05, 0) is 43.2 Å². The van der Waals surface area contributed by atoms with Crippen LogP contribution in [0.4, 0.5) is 11.4 Å². The predicted octanol–water partition coefficient (Wildman–Crippen LogP) is 3.56. The lowest BCUT2D eigenvalue weighted by atomic mass is 9.91. The molecule has 1 aromatic carbocycles. The summed E-state index contributed by atoms with van der Waals surface area (Å²) in [4.78, 5) is 43.5. The maximum atomic E-state index is 12.8. The van der Waals surface area contributed by atoms with Crippen molar-refractivity contribution in [1.29, 1.82) is 0 Å². The van der Waals surface area contributed by atoms with Crippen molar-refractivity contribution in [2.75, 3.05) is 23.7 Å². The standard InChI is InChI=1S/C23H28N4O3/c1-23(2,3)22(30)27-13-5-7-17(15-27)21(29)26-19-8-4-6-16(14-19)20(28)25-18-9-11-24-12-10-18/h4,6,8-12,14,17H,5,7,13,15H2,1-3H3,(H,26,29)(H,24,25,28). The number of aromatic nitrogens is 1. The number of nitrogens with one attached hydrogen (secondary N) is 2. The first-order valence-electron chi connectivity index (χ1n) is 10.2. The first-order chi connectivity index (χ1) is 14.2. The van der Waals surface area contributed by atoms with Gasteiger partial charge in [0.25, 0.3) is 5.91 Å². The van der Waals surface area contributed by atoms with Crippen LogP contribution in [-0.2, 0) is 9.59 Å². The number of pyridine rings is 1. The van der Waals surface area contributed by atoms with E-state index in [4.69, 9.17) is 0 Å². The molecule has 2 aromatic rings. The highest BCUT2D eigenvalue weighted by Gasteiger charge is 2.33. The smallest absolute Gasteiger partial charge is 0.255 e. The molecule has 0 bridgehead atoms. The highest BCUT2D eigenvalue weighted by atomic mass is 16.2. The lowest BCUT2D eigenvalue weighted by molar-refractivity contribution is -0.142. The Balaban J connectivity index is 1.63. The van der Waals surface area contributed by atoms with Crippen LogP contribution in [0.1, 0.15) is 44.0 Å². The third-order valence-electron chi connectivity index (χ3n) is 5.05. The predicted molar refractivity (Wildman–Crippen MR) is 116 cm³/mol. The number of nitrogens with zero attached hydrogens (tertiary/aromatic N) is 2. The summed E-state index contributed by atoms with van der Waals surface area (Å²) in [7, 11) is 0. The lowest BCUT2D eigenvalue weighted by Crippen LogP contribution is -2.47. The molecule has 3 amide bonds. The van der Waals surface area contributed by atoms with E-state index in [1.807, 2.05) is 20.8 Å². The van der Waals surface area contributed by atoms with Crippen LogP contribution in [0.3, 0.4) is 0 Å². The summed E-state index contributed by atoms with van der Waals surface area (Å²) in [5.74, 6) is -0.598. The van der Waals surface area contributed by atoms with Crippen LogP contribution in [0.2, 0.25) is 0 Å². The average Bonchev–Trinajstić information content (AvgIpc) is 2.73. The van der Waals surface area contributed by atoms with E-state index < -0.39 is 5.41 Å². The average molecular weight is 409 g/mol. The molecule has 3 rings (SSSR count). The fraction of sp³-hybridized carbons (Fsp3) is 0.391. The lowest BCUT2D eigenvalue weighted by Gasteiger charge is -2.35. The number of hydrogen-bond acceptors (Lipinski definition) is 4. The van der Waals surface area contributed by atoms with Crippen LogP contribution in [0, 0.1) is 11.3 Å². The van der Waals surface area contributed by atoms with Gasteiger partial charge in [-0.2, -0.15) is 0 Å². The van der Waals surface area contributed by atoms with E-state index in [1.165, 1.54) is 0 Å². The third-order valence-corrected chi connectivity index (χ3v) is 5.05. The number of carbonyl (C=O) groups is 3. The van der Waals surface area contributed by atoms with Gasteiger partial charge in [-0.3, -0.25) is 19.4 Å². The number of benzene rings is 1. The molecule has 158 valence electrons. The summed E-state index contributed by atoms with van der Waals surface area (Å²) >= 11 is 0. The molecule has 1 fully saturated rings. The zero-order valence-corrected chi connectivity index (χ0v) is 17.6. The minimum atomic E-state index is -0.463. The van der Waals surface area contributed by atoms with Gasteiger partial charge < -0.3 is 15.5 Å². The first kappa shape index (κ1) is 21.5. The Morgan fingerprint density at radius 2 is 1.77 bits per heavy atom. The monoisotopic (exact) mass is 408 g/mol. The number of carbonyl (C=O) groups excluding carboxylic acids is 3. The second-order valence-corrected chi connectivity index (χ2v) is 8.60. The second-order valence-electron chi connectivity index (χ2n) is 8.60. The second kappa shape index (κ2) is 9.07. The molecular weight excluding hydrogens is 380 g/mol. The van der Waals surface area contributed by atoms with Crippen molar-refractivity contribution < 1.29 is 14.4 Å². The van der Waals surface area contributed by atoms with E-state index in [9.17, 15) is 14.4 Å². The van der Waals surface area contributed by atoms with Gasteiger partial charge in [-0.25, -0.2) is 0 Å². The maximum absolute atomic E-state index is 12.8. The van der Waals surface area contributed by atoms with Crippen molar-refractivity contribution in [2.45, 2.75) is 33.6 Å². The molecule has 7 nitrogen and oxygen atoms in total. The SMILES string of the molecule is CC(C)(C)C(=O)N1CCCC(C(=O)Nc2cccc(C(=O)Nc3ccncc3)c2)C1. The molecule has 1 aromatic heterocycles. The molecular formula is C23H28N4O3. The molecule has 1 saturated heterocycles. The maximum Gasteiger partial charge on any atom is 0.255 e. The van der Waals surface area contributed by atoms with E-state index in [-0.39, 0.29) is 23.6 Å². The van der Waals surface area contributed by atoms with Crippen LogP contribution in [0.5, 0.6) is 0 Å². The number of amides is 3. The van der Waals surface area contributed by atoms with Crippen LogP contribution >= 0.6 is 0 Å². The Bertz CT molecular complexity index is 922. The van der Waals surface area contributed by atoms with E-state index in [1.54, 1.807) is 53.7 Å². The van der Waals surface area contributed by atoms with Crippen molar-refractivity contribution in [3.63, 3.8) is 0 Å². The van der Waals surface area contributed by atoms with E-state index >= 15 is 0 Å². The largest absolute Gasteiger partial charge is 0.341 e. The number of hydrogen-bond donors (Lipinski definition) is 2. The van der Waals surface area contributed by atoms with Gasteiger partial charge in [0.05, 0.1) is 5.92 Å². The molecule has 1 aliphatic rings. The van der Waals surface area contributed by atoms with Gasteiger partial charge in [0, 0.05) is 47.8 Å². The fourth-order valence-electron chi connectivity index (χ4n) is 3.47. The van der Waals surface area contributed by atoms with Crippen LogP contribution in [0.25, 0.3) is 0 Å². The number of piperidine rings is 1. The first-order valence-corrected chi connectivity index (χ1v) is 10.2. The van der Waals surface area contributed by atoms with Crippen molar-refractivity contribution in [2.24, 2.45) is 11.3 Å². The summed E-state index contributed by atoms with van der Waals surface area (Å²) in [6.07, 6.45) is 4.74. The highest BCUT2D eigenvalue weighted by Crippen LogP contribution is 2.24. The Morgan fingerprint density at radius 3 is 2.47 bits per heavy atom. The number of anilines is 2. The molecule has 1 aliphatic heterocycles. The number of rotatable bonds is 4. The van der Waals surface area contributed by atoms with E-state index in [0.29, 0.717) is 30.0 Å². The molecule has 2 N–H and O–H groups in total. The van der Waals surface area contributed by atoms with E-state index in [2.05, 4.69) is 15.6 Å². The van der Waals surface area contributed by atoms with Gasteiger partial charge in [0.2, 0.25) is 11.8 Å². The van der Waals surface area contributed by atoms with Crippen LogP contribution < -0.4 is 10.6 Å². The van der Waals surface area contributed by atoms with Crippen LogP contribution in [0.15, 0.2) is 48.8 Å². The molecule has 1 unspecified atom stereocenters. The van der Waals surface area contributed by atoms with Crippen molar-refractivity contribution in [1.82, 2.24) is 9.88 Å². The van der Waals surface area contributed by atoms with Gasteiger partial charge in [0.1, 0.15) is 0 Å². The van der Waals surface area contributed by atoms with Gasteiger partial charge in [-0.1, -0.05) is 26.8 Å². The van der Waals surface area contributed by atoms with Gasteiger partial charge in [-0.15, -0.1) is 0 Å². The topological polar surface area (TPSA) is 91.4 Å². The Labute approximate surface area is 176 Å². The molecule has 30 heavy (non-hydrogen) atoms. The molecule has 0 saturated carbocycles. The molecule has 2 heterocycles. The minimum absolute atomic E-state index is 0.0646. The van der Waals surface area contributed by atoms with Crippen LogP contribution in [-0.4, -0.2) is 40.7 Å². The van der Waals surface area contributed by atoms with Crippen molar-refractivity contribution in [3.05, 3.63) is 54.4 Å². The van der Waals surface area contributed by atoms with Gasteiger partial charge in [0.15, 0.2) is 0 Å². The molecule has 0 aliphatic carbocycles. The Morgan fingerprint density at radius 1 is 1.03 bits per heavy atom. The zero-order chi connectivity index (χ0) is 21.7. The molecule has 1 atom stereocenters. The summed E-state index contributed by atoms with van der Waals surface area (Å²) in [6.45, 7) is 6.78. The Hall–Kier alpha value is -3.22. The zero-order valence-electron chi connectivity index (χ0n) is 17.6. The molecule has 0 spiro atoms. The molecule has 7 heteroatoms. The minimum Gasteiger partial charge on any atom is -0.341 e. The summed E-state index contributed by atoms with van der Waals surface area (Å²) in [5.41, 5.74) is 1.18. The van der Waals surface area contributed by atoms with E-state index in [0.717, 1.165) is 12.8 Å². The summed E-state index contributed by atoms with van der Waals surface area (Å²) in [5, 5.41) is 5.70. The summed E-state index contributed by atoms with van der Waals surface area (Å²) in [6, 6.07) is 10.2. The third kappa shape index (κ3) is 5.43.